The Balaban J connectivity index is 2.73. The molecule has 18 heavy (non-hydrogen) atoms. The summed E-state index contributed by atoms with van der Waals surface area (Å²) in [6, 6.07) is 0. The predicted octanol–water partition coefficient (Wildman–Crippen LogP) is 0.471. The van der Waals surface area contributed by atoms with E-state index in [1.807, 2.05) is 0 Å². The van der Waals surface area contributed by atoms with Crippen LogP contribution in [0.5, 0.6) is 0 Å². The van der Waals surface area contributed by atoms with Crippen molar-refractivity contribution in [1.29, 1.82) is 0 Å². The number of nitrogens with one attached hydrogen (secondary N) is 1. The first-order chi connectivity index (χ1) is 8.08. The molecule has 0 aromatic carbocycles. The lowest BCUT2D eigenvalue weighted by molar-refractivity contribution is 0.0634. The second kappa shape index (κ2) is 4.86. The van der Waals surface area contributed by atoms with E-state index >= 15 is 0 Å². The highest BCUT2D eigenvalue weighted by Gasteiger charge is 2.17. The monoisotopic (exact) mass is 274 g/mol. The number of anilines is 1. The standard InChI is InChI=1S/C9H14N4O4S/c1-9(2,3)17-8(14)13-7-11-4-6(5-12-7)18(10,15)16/h4-5H,1-3H3,(H2,10,15,16)(H,11,12,13,14). The van der Waals surface area contributed by atoms with Gasteiger partial charge in [-0.2, -0.15) is 0 Å². The quantitative estimate of drug-likeness (QED) is 0.807. The number of hydrogen-bond donors (Lipinski definition) is 2. The van der Waals surface area contributed by atoms with Crippen molar-refractivity contribution >= 4 is 22.1 Å². The summed E-state index contributed by atoms with van der Waals surface area (Å²) in [5, 5.41) is 7.13. The molecule has 0 spiro atoms. The van der Waals surface area contributed by atoms with Crippen LogP contribution in [0.1, 0.15) is 20.8 Å². The minimum Gasteiger partial charge on any atom is -0.444 e. The van der Waals surface area contributed by atoms with Crippen LogP contribution in [0, 0.1) is 0 Å². The molecule has 1 rings (SSSR count). The molecule has 0 bridgehead atoms. The van der Waals surface area contributed by atoms with Gasteiger partial charge in [-0.3, -0.25) is 5.32 Å². The van der Waals surface area contributed by atoms with Gasteiger partial charge in [-0.25, -0.2) is 28.3 Å². The van der Waals surface area contributed by atoms with Crippen LogP contribution in [-0.4, -0.2) is 30.1 Å². The first kappa shape index (κ1) is 14.3. The molecule has 0 radical (unpaired) electrons. The van der Waals surface area contributed by atoms with Gasteiger partial charge >= 0.3 is 6.09 Å². The van der Waals surface area contributed by atoms with Crippen molar-refractivity contribution in [2.45, 2.75) is 31.3 Å². The van der Waals surface area contributed by atoms with Gasteiger partial charge in [0.2, 0.25) is 16.0 Å². The van der Waals surface area contributed by atoms with E-state index in [1.54, 1.807) is 20.8 Å². The largest absolute Gasteiger partial charge is 0.444 e. The first-order valence-corrected chi connectivity index (χ1v) is 6.47. The molecule has 0 unspecified atom stereocenters. The minimum absolute atomic E-state index is 0.0725. The van der Waals surface area contributed by atoms with Gasteiger partial charge in [0.25, 0.3) is 0 Å². The number of carbonyl (C=O) groups is 1. The van der Waals surface area contributed by atoms with Crippen LogP contribution in [-0.2, 0) is 14.8 Å². The maximum atomic E-state index is 11.4. The molecule has 0 saturated heterocycles. The van der Waals surface area contributed by atoms with Gasteiger partial charge in [-0.1, -0.05) is 0 Å². The van der Waals surface area contributed by atoms with E-state index in [9.17, 15) is 13.2 Å². The zero-order valence-corrected chi connectivity index (χ0v) is 11.0. The van der Waals surface area contributed by atoms with Crippen molar-refractivity contribution in [3.8, 4) is 0 Å². The zero-order valence-electron chi connectivity index (χ0n) is 10.2. The predicted molar refractivity (Wildman–Crippen MR) is 63.3 cm³/mol. The number of carbonyl (C=O) groups excluding carboxylic acids is 1. The topological polar surface area (TPSA) is 124 Å². The molecule has 0 aliphatic carbocycles. The number of ether oxygens (including phenoxy) is 1. The molecule has 3 N–H and O–H groups in total. The molecule has 100 valence electrons. The third-order valence-corrected chi connectivity index (χ3v) is 2.44. The highest BCUT2D eigenvalue weighted by molar-refractivity contribution is 7.89. The molecule has 8 nitrogen and oxygen atoms in total. The maximum absolute atomic E-state index is 11.4. The van der Waals surface area contributed by atoms with Gasteiger partial charge in [-0.15, -0.1) is 0 Å². The molecule has 0 aliphatic heterocycles. The molecule has 0 saturated carbocycles. The Labute approximate surface area is 105 Å². The van der Waals surface area contributed by atoms with Crippen molar-refractivity contribution in [1.82, 2.24) is 9.97 Å². The Kier molecular flexibility index (Phi) is 3.87. The summed E-state index contributed by atoms with van der Waals surface area (Å²) >= 11 is 0. The third-order valence-electron chi connectivity index (χ3n) is 1.57. The summed E-state index contributed by atoms with van der Waals surface area (Å²) in [5.74, 6) is -0.0725. The smallest absolute Gasteiger partial charge is 0.414 e. The van der Waals surface area contributed by atoms with Crippen molar-refractivity contribution in [2.75, 3.05) is 5.32 Å². The first-order valence-electron chi connectivity index (χ1n) is 4.93. The summed E-state index contributed by atoms with van der Waals surface area (Å²) in [4.78, 5) is 18.4. The number of nitrogens with two attached hydrogens (primary N) is 1. The second-order valence-electron chi connectivity index (χ2n) is 4.41. The highest BCUT2D eigenvalue weighted by Crippen LogP contribution is 2.09. The molecule has 0 fully saturated rings. The molecule has 0 aliphatic rings. The van der Waals surface area contributed by atoms with Crippen molar-refractivity contribution in [3.05, 3.63) is 12.4 Å². The van der Waals surface area contributed by atoms with E-state index in [0.29, 0.717) is 0 Å². The number of amides is 1. The van der Waals surface area contributed by atoms with E-state index in [4.69, 9.17) is 9.88 Å². The van der Waals surface area contributed by atoms with Crippen LogP contribution < -0.4 is 10.5 Å². The SMILES string of the molecule is CC(C)(C)OC(=O)Nc1ncc(S(N)(=O)=O)cn1. The summed E-state index contributed by atoms with van der Waals surface area (Å²) in [6.07, 6.45) is 1.26. The van der Waals surface area contributed by atoms with Gasteiger partial charge < -0.3 is 4.74 Å². The summed E-state index contributed by atoms with van der Waals surface area (Å²) < 4.78 is 26.8. The lowest BCUT2D eigenvalue weighted by Gasteiger charge is -2.19. The summed E-state index contributed by atoms with van der Waals surface area (Å²) in [7, 11) is -3.85. The number of aromatic nitrogens is 2. The average Bonchev–Trinajstić information content (AvgIpc) is 2.13. The number of primary sulfonamides is 1. The summed E-state index contributed by atoms with van der Waals surface area (Å²) in [5.41, 5.74) is -0.648. The average molecular weight is 274 g/mol. The van der Waals surface area contributed by atoms with Gasteiger partial charge in [0.1, 0.15) is 10.5 Å². The molecule has 1 amide bonds. The Morgan fingerprint density at radius 3 is 2.22 bits per heavy atom. The molecule has 9 heteroatoms. The lowest BCUT2D eigenvalue weighted by Crippen LogP contribution is -2.27. The summed E-state index contributed by atoms with van der Waals surface area (Å²) in [6.45, 7) is 5.12. The Morgan fingerprint density at radius 1 is 1.33 bits per heavy atom. The zero-order chi connectivity index (χ0) is 14.0. The highest BCUT2D eigenvalue weighted by atomic mass is 32.2. The Bertz CT molecular complexity index is 533. The van der Waals surface area contributed by atoms with Crippen LogP contribution in [0.3, 0.4) is 0 Å². The van der Waals surface area contributed by atoms with E-state index < -0.39 is 21.7 Å². The fourth-order valence-electron chi connectivity index (χ4n) is 0.923. The third kappa shape index (κ3) is 4.63. The van der Waals surface area contributed by atoms with Crippen LogP contribution in [0.25, 0.3) is 0 Å². The van der Waals surface area contributed by atoms with Gasteiger partial charge in [0.15, 0.2) is 0 Å². The Morgan fingerprint density at radius 2 is 1.83 bits per heavy atom. The van der Waals surface area contributed by atoms with Crippen LogP contribution in [0.15, 0.2) is 17.3 Å². The fourth-order valence-corrected chi connectivity index (χ4v) is 1.32. The molecule has 1 heterocycles. The van der Waals surface area contributed by atoms with Gasteiger partial charge in [0, 0.05) is 0 Å². The number of hydrogen-bond acceptors (Lipinski definition) is 6. The number of rotatable bonds is 2. The van der Waals surface area contributed by atoms with E-state index in [1.165, 1.54) is 0 Å². The fraction of sp³-hybridized carbons (Fsp3) is 0.444. The number of nitrogens with zero attached hydrogens (tertiary/aromatic N) is 2. The van der Waals surface area contributed by atoms with Gasteiger partial charge in [0.05, 0.1) is 12.4 Å². The normalized spacial score (nSPS) is 12.0. The van der Waals surface area contributed by atoms with Crippen LogP contribution >= 0.6 is 0 Å². The maximum Gasteiger partial charge on any atom is 0.414 e. The van der Waals surface area contributed by atoms with E-state index in [-0.39, 0.29) is 10.8 Å². The van der Waals surface area contributed by atoms with E-state index in [2.05, 4.69) is 15.3 Å². The van der Waals surface area contributed by atoms with Gasteiger partial charge in [-0.05, 0) is 20.8 Å². The lowest BCUT2D eigenvalue weighted by atomic mass is 10.2. The Hall–Kier alpha value is -1.74. The van der Waals surface area contributed by atoms with Crippen LogP contribution in [0.4, 0.5) is 10.7 Å². The van der Waals surface area contributed by atoms with E-state index in [0.717, 1.165) is 12.4 Å². The molecular weight excluding hydrogens is 260 g/mol. The molecule has 1 aromatic heterocycles. The van der Waals surface area contributed by atoms with Crippen molar-refractivity contribution in [3.63, 3.8) is 0 Å². The molecule has 1 aromatic rings. The van der Waals surface area contributed by atoms with Crippen molar-refractivity contribution < 1.29 is 17.9 Å². The number of sulfonamides is 1. The minimum atomic E-state index is -3.85. The van der Waals surface area contributed by atoms with Crippen LogP contribution in [0.2, 0.25) is 0 Å². The molecular formula is C9H14N4O4S. The van der Waals surface area contributed by atoms with Crippen molar-refractivity contribution in [2.24, 2.45) is 5.14 Å². The second-order valence-corrected chi connectivity index (χ2v) is 5.98. The molecule has 0 atom stereocenters.